The quantitative estimate of drug-likeness (QED) is 0.346. The number of nitro benzene ring substituents is 1. The first kappa shape index (κ1) is 15.9. The van der Waals surface area contributed by atoms with E-state index in [9.17, 15) is 23.3 Å². The van der Waals surface area contributed by atoms with Gasteiger partial charge in [-0.1, -0.05) is 19.1 Å². The molecule has 1 unspecified atom stereocenters. The minimum Gasteiger partial charge on any atom is -0.460 e. The zero-order valence-corrected chi connectivity index (χ0v) is 13.2. The van der Waals surface area contributed by atoms with Crippen LogP contribution in [0.3, 0.4) is 0 Å². The van der Waals surface area contributed by atoms with Gasteiger partial charge in [0.05, 0.1) is 16.9 Å². The Kier molecular flexibility index (Phi) is 3.85. The zero-order valence-electron chi connectivity index (χ0n) is 12.4. The molecule has 0 N–H and O–H groups in total. The molecule has 0 spiro atoms. The number of benzene rings is 1. The maximum Gasteiger partial charge on any atom is 0.309 e. The first-order chi connectivity index (χ1) is 10.9. The molecule has 2 saturated heterocycles. The van der Waals surface area contributed by atoms with Gasteiger partial charge in [-0.3, -0.25) is 14.9 Å². The molecule has 2 aliphatic rings. The van der Waals surface area contributed by atoms with Gasteiger partial charge in [-0.25, -0.2) is 8.42 Å². The molecule has 0 radical (unpaired) electrons. The van der Waals surface area contributed by atoms with E-state index >= 15 is 0 Å². The number of rotatable bonds is 5. The highest BCUT2D eigenvalue weighted by Gasteiger charge is 2.54. The van der Waals surface area contributed by atoms with Crippen LogP contribution in [0.4, 0.5) is 5.69 Å². The van der Waals surface area contributed by atoms with Crippen molar-refractivity contribution < 1.29 is 22.9 Å². The van der Waals surface area contributed by atoms with Crippen LogP contribution in [0.2, 0.25) is 0 Å². The number of sulfonamides is 1. The van der Waals surface area contributed by atoms with Gasteiger partial charge >= 0.3 is 5.97 Å². The van der Waals surface area contributed by atoms with Crippen LogP contribution in [0.5, 0.6) is 0 Å². The second kappa shape index (κ2) is 5.57. The number of nitro groups is 1. The van der Waals surface area contributed by atoms with E-state index in [0.717, 1.165) is 10.4 Å². The lowest BCUT2D eigenvalue weighted by atomic mass is 10.0. The predicted octanol–water partition coefficient (Wildman–Crippen LogP) is 1.31. The van der Waals surface area contributed by atoms with Gasteiger partial charge in [0.2, 0.25) is 10.0 Å². The molecule has 1 aromatic rings. The summed E-state index contributed by atoms with van der Waals surface area (Å²) in [6, 6.07) is 4.81. The van der Waals surface area contributed by atoms with Crippen LogP contribution in [0.25, 0.3) is 0 Å². The molecule has 23 heavy (non-hydrogen) atoms. The van der Waals surface area contributed by atoms with Crippen LogP contribution in [0.15, 0.2) is 29.2 Å². The van der Waals surface area contributed by atoms with E-state index in [2.05, 4.69) is 0 Å². The first-order valence-corrected chi connectivity index (χ1v) is 8.76. The number of para-hydroxylation sites is 1. The standard InChI is InChI=1S/C14H16N2O6S/c1-2-9-7-12(22-14(9)17)11-8-15(11)23(20,21)13-6-4-3-5-10(13)16(18)19/h3-6,9,11-12H,2,7-8H2,1H3/t9-,11?,12+,15+/m1/s1. The molecule has 2 heterocycles. The van der Waals surface area contributed by atoms with Crippen LogP contribution in [0.1, 0.15) is 19.8 Å². The van der Waals surface area contributed by atoms with E-state index in [1.165, 1.54) is 18.2 Å². The first-order valence-electron chi connectivity index (χ1n) is 7.32. The van der Waals surface area contributed by atoms with Crippen molar-refractivity contribution in [1.29, 1.82) is 0 Å². The topological polar surface area (TPSA) is 107 Å². The highest BCUT2D eigenvalue weighted by atomic mass is 32.2. The highest BCUT2D eigenvalue weighted by molar-refractivity contribution is 7.89. The lowest BCUT2D eigenvalue weighted by Gasteiger charge is -2.10. The molecule has 124 valence electrons. The van der Waals surface area contributed by atoms with Crippen molar-refractivity contribution in [3.63, 3.8) is 0 Å². The molecular weight excluding hydrogens is 324 g/mol. The summed E-state index contributed by atoms with van der Waals surface area (Å²) < 4.78 is 31.6. The Morgan fingerprint density at radius 1 is 1.39 bits per heavy atom. The maximum absolute atomic E-state index is 12.6. The average Bonchev–Trinajstić information content (AvgIpc) is 3.25. The van der Waals surface area contributed by atoms with Gasteiger partial charge in [0.25, 0.3) is 5.69 Å². The summed E-state index contributed by atoms with van der Waals surface area (Å²) in [5, 5.41) is 11.0. The van der Waals surface area contributed by atoms with Crippen molar-refractivity contribution in [2.75, 3.05) is 6.54 Å². The van der Waals surface area contributed by atoms with E-state index in [1.54, 1.807) is 0 Å². The van der Waals surface area contributed by atoms with E-state index in [4.69, 9.17) is 4.74 Å². The Labute approximate surface area is 133 Å². The zero-order chi connectivity index (χ0) is 16.8. The normalized spacial score (nSPS) is 30.0. The van der Waals surface area contributed by atoms with Crippen LogP contribution in [-0.2, 0) is 19.6 Å². The van der Waals surface area contributed by atoms with Crippen molar-refractivity contribution in [2.45, 2.75) is 36.8 Å². The fourth-order valence-corrected chi connectivity index (χ4v) is 4.66. The van der Waals surface area contributed by atoms with Gasteiger partial charge < -0.3 is 4.74 Å². The molecule has 0 saturated carbocycles. The van der Waals surface area contributed by atoms with Crippen LogP contribution >= 0.6 is 0 Å². The van der Waals surface area contributed by atoms with Crippen molar-refractivity contribution in [2.24, 2.45) is 5.92 Å². The van der Waals surface area contributed by atoms with E-state index in [1.807, 2.05) is 6.92 Å². The van der Waals surface area contributed by atoms with Gasteiger partial charge in [-0.05, 0) is 18.9 Å². The van der Waals surface area contributed by atoms with Gasteiger partial charge in [0.15, 0.2) is 4.90 Å². The lowest BCUT2D eigenvalue weighted by molar-refractivity contribution is -0.387. The number of nitrogens with zero attached hydrogens (tertiary/aromatic N) is 2. The summed E-state index contributed by atoms with van der Waals surface area (Å²) in [6.45, 7) is 2.09. The fraction of sp³-hybridized carbons (Fsp3) is 0.500. The van der Waals surface area contributed by atoms with Crippen molar-refractivity contribution in [3.05, 3.63) is 34.4 Å². The molecule has 0 amide bonds. The third-order valence-corrected chi connectivity index (χ3v) is 6.23. The van der Waals surface area contributed by atoms with Crippen LogP contribution in [0, 0.1) is 16.0 Å². The van der Waals surface area contributed by atoms with Crippen molar-refractivity contribution >= 4 is 21.7 Å². The monoisotopic (exact) mass is 340 g/mol. The number of esters is 1. The summed E-state index contributed by atoms with van der Waals surface area (Å²) in [5.74, 6) is -0.497. The van der Waals surface area contributed by atoms with Crippen molar-refractivity contribution in [3.8, 4) is 0 Å². The third kappa shape index (κ3) is 2.70. The highest BCUT2D eigenvalue weighted by Crippen LogP contribution is 2.39. The molecule has 9 heteroatoms. The second-order valence-corrected chi connectivity index (χ2v) is 7.54. The largest absolute Gasteiger partial charge is 0.460 e. The number of hydrogen-bond acceptors (Lipinski definition) is 6. The molecule has 0 aromatic heterocycles. The molecule has 4 atom stereocenters. The van der Waals surface area contributed by atoms with Crippen LogP contribution < -0.4 is 0 Å². The summed E-state index contributed by atoms with van der Waals surface area (Å²) in [5.41, 5.74) is -0.451. The Balaban J connectivity index is 1.82. The number of carbonyl (C=O) groups is 1. The maximum atomic E-state index is 12.6. The van der Waals surface area contributed by atoms with E-state index < -0.39 is 32.8 Å². The molecule has 2 aliphatic heterocycles. The average molecular weight is 340 g/mol. The number of cyclic esters (lactones) is 1. The minimum absolute atomic E-state index is 0.198. The molecule has 8 nitrogen and oxygen atoms in total. The number of ether oxygens (including phenoxy) is 1. The van der Waals surface area contributed by atoms with Gasteiger partial charge in [-0.2, -0.15) is 4.31 Å². The van der Waals surface area contributed by atoms with E-state index in [0.29, 0.717) is 12.8 Å². The molecule has 0 aliphatic carbocycles. The molecule has 2 fully saturated rings. The molecular formula is C14H16N2O6S. The molecule has 1 aromatic carbocycles. The summed E-state index contributed by atoms with van der Waals surface area (Å²) in [6.07, 6.45) is 0.673. The SMILES string of the molecule is CC[C@@H]1C[C@@H](C2C[N@]2S(=O)(=O)c2ccccc2[N+](=O)[O-])OC1=O. The summed E-state index contributed by atoms with van der Waals surface area (Å²) >= 11 is 0. The lowest BCUT2D eigenvalue weighted by Crippen LogP contribution is -2.23. The van der Waals surface area contributed by atoms with E-state index in [-0.39, 0.29) is 23.3 Å². The summed E-state index contributed by atoms with van der Waals surface area (Å²) in [7, 11) is -3.97. The van der Waals surface area contributed by atoms with Gasteiger partial charge in [0.1, 0.15) is 6.10 Å². The minimum atomic E-state index is -3.97. The Hall–Kier alpha value is -2.00. The smallest absolute Gasteiger partial charge is 0.309 e. The van der Waals surface area contributed by atoms with Gasteiger partial charge in [-0.15, -0.1) is 0 Å². The van der Waals surface area contributed by atoms with Crippen molar-refractivity contribution in [1.82, 2.24) is 4.31 Å². The van der Waals surface area contributed by atoms with Gasteiger partial charge in [0, 0.05) is 12.6 Å². The molecule has 0 bridgehead atoms. The number of hydrogen-bond donors (Lipinski definition) is 0. The Morgan fingerprint density at radius 3 is 2.70 bits per heavy atom. The summed E-state index contributed by atoms with van der Waals surface area (Å²) in [4.78, 5) is 21.6. The fourth-order valence-electron chi connectivity index (χ4n) is 2.91. The number of carbonyl (C=O) groups excluding carboxylic acids is 1. The van der Waals surface area contributed by atoms with Crippen LogP contribution in [-0.4, -0.2) is 42.3 Å². The Morgan fingerprint density at radius 2 is 2.09 bits per heavy atom. The third-order valence-electron chi connectivity index (χ3n) is 4.29. The second-order valence-electron chi connectivity index (χ2n) is 5.68. The Bertz CT molecular complexity index is 762. The predicted molar refractivity (Wildman–Crippen MR) is 79.1 cm³/mol. The molecule has 3 rings (SSSR count).